The standard InChI is InChI=1S/C40H37N3O6S/c1-4-49-32-22-18-30(19-23-32)42-40(46)37(27-12-7-5-8-13-27)50-33-24-20-31(21-25-33)41-39(45)34(43-38(44)28-14-9-6-10-15-28)26-29-16-11-17-35(47-2)36(29)48-3/h5-26,37H,4H2,1-3H3,(H,41,45)(H,42,46)(H,43,44)/b34-26-. The molecule has 0 heterocycles. The fourth-order valence-corrected chi connectivity index (χ4v) is 6.01. The van der Waals surface area contributed by atoms with Gasteiger partial charge in [0.15, 0.2) is 11.5 Å². The highest BCUT2D eigenvalue weighted by atomic mass is 32.2. The smallest absolute Gasteiger partial charge is 0.272 e. The van der Waals surface area contributed by atoms with Gasteiger partial charge in [-0.25, -0.2) is 0 Å². The highest BCUT2D eigenvalue weighted by molar-refractivity contribution is 8.00. The largest absolute Gasteiger partial charge is 0.494 e. The van der Waals surface area contributed by atoms with E-state index in [1.54, 1.807) is 60.7 Å². The average Bonchev–Trinajstić information content (AvgIpc) is 3.15. The summed E-state index contributed by atoms with van der Waals surface area (Å²) in [7, 11) is 3.03. The highest BCUT2D eigenvalue weighted by Crippen LogP contribution is 2.37. The Balaban J connectivity index is 1.35. The number of rotatable bonds is 14. The molecule has 254 valence electrons. The predicted octanol–water partition coefficient (Wildman–Crippen LogP) is 7.98. The van der Waals surface area contributed by atoms with Crippen LogP contribution in [0.4, 0.5) is 11.4 Å². The molecule has 0 saturated carbocycles. The molecule has 1 atom stereocenters. The first-order valence-electron chi connectivity index (χ1n) is 15.8. The zero-order chi connectivity index (χ0) is 35.3. The van der Waals surface area contributed by atoms with Crippen molar-refractivity contribution in [2.45, 2.75) is 17.1 Å². The van der Waals surface area contributed by atoms with Crippen LogP contribution in [0.25, 0.3) is 6.08 Å². The molecule has 5 aromatic carbocycles. The molecule has 1 unspecified atom stereocenters. The van der Waals surface area contributed by atoms with E-state index in [2.05, 4.69) is 16.0 Å². The Morgan fingerprint density at radius 3 is 2.00 bits per heavy atom. The van der Waals surface area contributed by atoms with Gasteiger partial charge in [0.05, 0.1) is 20.8 Å². The Kier molecular flexibility index (Phi) is 12.3. The number of hydrogen-bond acceptors (Lipinski definition) is 7. The maximum absolute atomic E-state index is 13.7. The van der Waals surface area contributed by atoms with Crippen LogP contribution in [-0.2, 0) is 9.59 Å². The SMILES string of the molecule is CCOc1ccc(NC(=O)C(Sc2ccc(NC(=O)/C(=C/c3cccc(OC)c3OC)NC(=O)c3ccccc3)cc2)c2ccccc2)cc1. The average molecular weight is 688 g/mol. The lowest BCUT2D eigenvalue weighted by Crippen LogP contribution is -2.30. The maximum atomic E-state index is 13.7. The number of thioether (sulfide) groups is 1. The third-order valence-electron chi connectivity index (χ3n) is 7.40. The first kappa shape index (κ1) is 35.3. The molecule has 0 spiro atoms. The van der Waals surface area contributed by atoms with E-state index in [0.717, 1.165) is 16.2 Å². The van der Waals surface area contributed by atoms with Crippen molar-refractivity contribution in [3.63, 3.8) is 0 Å². The molecule has 10 heteroatoms. The number of para-hydroxylation sites is 1. The molecule has 0 aliphatic rings. The van der Waals surface area contributed by atoms with Gasteiger partial charge in [-0.2, -0.15) is 0 Å². The topological polar surface area (TPSA) is 115 Å². The number of hydrogen-bond donors (Lipinski definition) is 3. The first-order valence-corrected chi connectivity index (χ1v) is 16.7. The molecule has 5 aromatic rings. The van der Waals surface area contributed by atoms with Gasteiger partial charge >= 0.3 is 0 Å². The monoisotopic (exact) mass is 687 g/mol. The van der Waals surface area contributed by atoms with Gasteiger partial charge in [0, 0.05) is 27.4 Å². The van der Waals surface area contributed by atoms with Crippen LogP contribution in [0.3, 0.4) is 0 Å². The molecule has 0 aliphatic heterocycles. The summed E-state index contributed by atoms with van der Waals surface area (Å²) in [4.78, 5) is 41.2. The minimum absolute atomic E-state index is 0.000963. The molecule has 9 nitrogen and oxygen atoms in total. The van der Waals surface area contributed by atoms with Crippen LogP contribution >= 0.6 is 11.8 Å². The Hall–Kier alpha value is -6.00. The second-order valence-corrected chi connectivity index (χ2v) is 12.0. The van der Waals surface area contributed by atoms with Gasteiger partial charge in [0.1, 0.15) is 16.7 Å². The van der Waals surface area contributed by atoms with Gasteiger partial charge in [-0.1, -0.05) is 60.7 Å². The van der Waals surface area contributed by atoms with Crippen LogP contribution in [0.2, 0.25) is 0 Å². The van der Waals surface area contributed by atoms with Crippen LogP contribution in [0.15, 0.2) is 138 Å². The lowest BCUT2D eigenvalue weighted by Gasteiger charge is -2.18. The van der Waals surface area contributed by atoms with Gasteiger partial charge in [0.2, 0.25) is 5.91 Å². The number of carbonyl (C=O) groups excluding carboxylic acids is 3. The Morgan fingerprint density at radius 2 is 1.36 bits per heavy atom. The molecule has 50 heavy (non-hydrogen) atoms. The molecule has 5 rings (SSSR count). The molecule has 0 saturated heterocycles. The van der Waals surface area contributed by atoms with E-state index in [0.29, 0.717) is 40.6 Å². The summed E-state index contributed by atoms with van der Waals surface area (Å²) in [6.07, 6.45) is 1.54. The summed E-state index contributed by atoms with van der Waals surface area (Å²) < 4.78 is 16.5. The molecule has 0 fully saturated rings. The lowest BCUT2D eigenvalue weighted by molar-refractivity contribution is -0.116. The molecular formula is C40H37N3O6S. The predicted molar refractivity (Wildman–Crippen MR) is 198 cm³/mol. The third kappa shape index (κ3) is 9.33. The lowest BCUT2D eigenvalue weighted by atomic mass is 10.1. The van der Waals surface area contributed by atoms with E-state index in [-0.39, 0.29) is 11.6 Å². The summed E-state index contributed by atoms with van der Waals surface area (Å²) in [6, 6.07) is 37.8. The summed E-state index contributed by atoms with van der Waals surface area (Å²) in [6.45, 7) is 2.47. The zero-order valence-corrected chi connectivity index (χ0v) is 28.7. The molecule has 3 amide bonds. The fourth-order valence-electron chi connectivity index (χ4n) is 4.98. The number of methoxy groups -OCH3 is 2. The van der Waals surface area contributed by atoms with Gasteiger partial charge in [0.25, 0.3) is 11.8 Å². The van der Waals surface area contributed by atoms with Gasteiger partial charge in [-0.3, -0.25) is 14.4 Å². The van der Waals surface area contributed by atoms with E-state index in [9.17, 15) is 14.4 Å². The second-order valence-electron chi connectivity index (χ2n) is 10.8. The summed E-state index contributed by atoms with van der Waals surface area (Å²) in [5.74, 6) is 0.445. The number of nitrogens with one attached hydrogen (secondary N) is 3. The highest BCUT2D eigenvalue weighted by Gasteiger charge is 2.23. The molecule has 3 N–H and O–H groups in total. The van der Waals surface area contributed by atoms with Crippen molar-refractivity contribution in [2.24, 2.45) is 0 Å². The summed E-state index contributed by atoms with van der Waals surface area (Å²) >= 11 is 1.39. The van der Waals surface area contributed by atoms with Crippen molar-refractivity contribution in [2.75, 3.05) is 31.5 Å². The van der Waals surface area contributed by atoms with Crippen LogP contribution < -0.4 is 30.2 Å². The number of ether oxygens (including phenoxy) is 3. The Labute approximate surface area is 295 Å². The Bertz CT molecular complexity index is 1930. The van der Waals surface area contributed by atoms with E-state index >= 15 is 0 Å². The number of anilines is 2. The van der Waals surface area contributed by atoms with Crippen molar-refractivity contribution < 1.29 is 28.6 Å². The van der Waals surface area contributed by atoms with Gasteiger partial charge < -0.3 is 30.2 Å². The van der Waals surface area contributed by atoms with Crippen LogP contribution in [0, 0.1) is 0 Å². The maximum Gasteiger partial charge on any atom is 0.272 e. The van der Waals surface area contributed by atoms with Crippen molar-refractivity contribution in [1.29, 1.82) is 0 Å². The second kappa shape index (κ2) is 17.4. The molecular weight excluding hydrogens is 651 g/mol. The molecule has 0 radical (unpaired) electrons. The molecule has 0 aromatic heterocycles. The molecule has 0 bridgehead atoms. The van der Waals surface area contributed by atoms with E-state index in [1.807, 2.05) is 73.7 Å². The van der Waals surface area contributed by atoms with Crippen molar-refractivity contribution in [1.82, 2.24) is 5.32 Å². The van der Waals surface area contributed by atoms with Crippen molar-refractivity contribution in [3.8, 4) is 17.2 Å². The fraction of sp³-hybridized carbons (Fsp3) is 0.125. The van der Waals surface area contributed by atoms with Crippen molar-refractivity contribution >= 4 is 46.9 Å². The van der Waals surface area contributed by atoms with Crippen LogP contribution in [-0.4, -0.2) is 38.5 Å². The Morgan fingerprint density at radius 1 is 0.720 bits per heavy atom. The van der Waals surface area contributed by atoms with Gasteiger partial charge in [-0.15, -0.1) is 11.8 Å². The quantitative estimate of drug-likeness (QED) is 0.0801. The minimum Gasteiger partial charge on any atom is -0.494 e. The van der Waals surface area contributed by atoms with Crippen LogP contribution in [0.1, 0.15) is 33.7 Å². The van der Waals surface area contributed by atoms with Crippen LogP contribution in [0.5, 0.6) is 17.2 Å². The van der Waals surface area contributed by atoms with E-state index in [4.69, 9.17) is 14.2 Å². The van der Waals surface area contributed by atoms with Gasteiger partial charge in [-0.05, 0) is 85.3 Å². The summed E-state index contributed by atoms with van der Waals surface area (Å²) in [5, 5.41) is 8.08. The zero-order valence-electron chi connectivity index (χ0n) is 27.8. The van der Waals surface area contributed by atoms with Crippen molar-refractivity contribution in [3.05, 3.63) is 150 Å². The third-order valence-corrected chi connectivity index (χ3v) is 8.67. The minimum atomic E-state index is -0.552. The number of benzene rings is 5. The number of amides is 3. The normalized spacial score (nSPS) is 11.5. The summed E-state index contributed by atoms with van der Waals surface area (Å²) in [5.41, 5.74) is 2.92. The van der Waals surface area contributed by atoms with E-state index < -0.39 is 17.1 Å². The van der Waals surface area contributed by atoms with E-state index in [1.165, 1.54) is 32.1 Å². The number of carbonyl (C=O) groups is 3. The first-order chi connectivity index (χ1) is 24.4. The molecule has 0 aliphatic carbocycles.